The van der Waals surface area contributed by atoms with Crippen molar-refractivity contribution in [2.45, 2.75) is 89.4 Å². The normalized spacial score (nSPS) is 38.0. The molecular formula is C22H31ClO5. The van der Waals surface area contributed by atoms with Crippen molar-refractivity contribution in [3.63, 3.8) is 0 Å². The molecule has 0 saturated carbocycles. The maximum absolute atomic E-state index is 12.1. The molecular weight excluding hydrogens is 380 g/mol. The van der Waals surface area contributed by atoms with Crippen LogP contribution in [-0.2, 0) is 19.1 Å². The molecule has 28 heavy (non-hydrogen) atoms. The molecule has 0 fully saturated rings. The first kappa shape index (κ1) is 22.7. The number of esters is 2. The van der Waals surface area contributed by atoms with E-state index in [2.05, 4.69) is 0 Å². The second-order valence-corrected chi connectivity index (χ2v) is 8.89. The van der Waals surface area contributed by atoms with Gasteiger partial charge in [-0.2, -0.15) is 0 Å². The smallest absolute Gasteiger partial charge is 0.334 e. The van der Waals surface area contributed by atoms with Crippen molar-refractivity contribution in [3.8, 4) is 0 Å². The summed E-state index contributed by atoms with van der Waals surface area (Å²) in [6, 6.07) is 0. The van der Waals surface area contributed by atoms with Crippen LogP contribution in [0, 0.1) is 0 Å². The van der Waals surface area contributed by atoms with Crippen LogP contribution in [0.25, 0.3) is 0 Å². The minimum absolute atomic E-state index is 0.309. The topological polar surface area (TPSA) is 72.8 Å². The molecule has 0 aromatic rings. The van der Waals surface area contributed by atoms with Gasteiger partial charge in [0.2, 0.25) is 0 Å². The molecule has 0 aromatic carbocycles. The Labute approximate surface area is 172 Å². The molecule has 0 unspecified atom stereocenters. The van der Waals surface area contributed by atoms with E-state index in [1.807, 2.05) is 32.1 Å². The van der Waals surface area contributed by atoms with Crippen LogP contribution in [-0.4, -0.2) is 39.7 Å². The molecule has 1 heterocycles. The number of ether oxygens (including phenoxy) is 2. The van der Waals surface area contributed by atoms with E-state index in [-0.39, 0.29) is 11.9 Å². The fraction of sp³-hybridized carbons (Fsp3) is 0.636. The third-order valence-corrected chi connectivity index (χ3v) is 6.23. The fourth-order valence-electron chi connectivity index (χ4n) is 3.65. The first-order valence-corrected chi connectivity index (χ1v) is 10.2. The molecule has 6 heteroatoms. The minimum atomic E-state index is -1.08. The summed E-state index contributed by atoms with van der Waals surface area (Å²) in [5.41, 5.74) is 0.662. The number of hydrogen-bond acceptors (Lipinski definition) is 5. The molecule has 2 aliphatic rings. The van der Waals surface area contributed by atoms with Crippen LogP contribution < -0.4 is 0 Å². The fourth-order valence-corrected chi connectivity index (χ4v) is 3.84. The Bertz CT molecular complexity index is 718. The zero-order valence-corrected chi connectivity index (χ0v) is 18.1. The third kappa shape index (κ3) is 5.71. The summed E-state index contributed by atoms with van der Waals surface area (Å²) in [4.78, 5) is 23.7. The van der Waals surface area contributed by atoms with Gasteiger partial charge in [0.15, 0.2) is 0 Å². The Kier molecular flexibility index (Phi) is 7.16. The van der Waals surface area contributed by atoms with Crippen LogP contribution in [0.5, 0.6) is 0 Å². The van der Waals surface area contributed by atoms with Crippen LogP contribution in [0.2, 0.25) is 0 Å². The van der Waals surface area contributed by atoms with Crippen molar-refractivity contribution in [3.05, 3.63) is 34.9 Å². The summed E-state index contributed by atoms with van der Waals surface area (Å²) in [6.45, 7) is 8.66. The molecule has 0 amide bonds. The molecule has 4 atom stereocenters. The Balaban J connectivity index is 2.39. The summed E-state index contributed by atoms with van der Waals surface area (Å²) in [5.74, 6) is -0.691. The van der Waals surface area contributed by atoms with Gasteiger partial charge in [-0.15, -0.1) is 11.6 Å². The van der Waals surface area contributed by atoms with E-state index in [0.29, 0.717) is 37.7 Å². The average molecular weight is 411 g/mol. The van der Waals surface area contributed by atoms with E-state index in [0.717, 1.165) is 11.1 Å². The van der Waals surface area contributed by atoms with Crippen molar-refractivity contribution in [1.82, 2.24) is 0 Å². The summed E-state index contributed by atoms with van der Waals surface area (Å²) >= 11 is 6.47. The lowest BCUT2D eigenvalue weighted by molar-refractivity contribution is -0.151. The Hall–Kier alpha value is -1.59. The quantitative estimate of drug-likeness (QED) is 0.394. The number of halogens is 1. The first-order chi connectivity index (χ1) is 12.9. The third-order valence-electron chi connectivity index (χ3n) is 5.54. The molecule has 0 saturated heterocycles. The number of aliphatic hydroxyl groups is 1. The lowest BCUT2D eigenvalue weighted by Gasteiger charge is -2.30. The van der Waals surface area contributed by atoms with Gasteiger partial charge in [0.1, 0.15) is 11.7 Å². The molecule has 0 radical (unpaired) electrons. The monoisotopic (exact) mass is 410 g/mol. The number of rotatable bonds is 1. The van der Waals surface area contributed by atoms with Gasteiger partial charge in [-0.1, -0.05) is 11.6 Å². The zero-order valence-electron chi connectivity index (χ0n) is 17.4. The zero-order chi connectivity index (χ0) is 21.1. The van der Waals surface area contributed by atoms with Crippen LogP contribution in [0.4, 0.5) is 0 Å². The largest absolute Gasteiger partial charge is 0.455 e. The van der Waals surface area contributed by atoms with Crippen molar-refractivity contribution in [2.24, 2.45) is 0 Å². The molecule has 1 aliphatic carbocycles. The Morgan fingerprint density at radius 1 is 1.32 bits per heavy atom. The first-order valence-electron chi connectivity index (χ1n) is 9.75. The summed E-state index contributed by atoms with van der Waals surface area (Å²) in [5, 5.41) is 10.3. The Morgan fingerprint density at radius 2 is 2.00 bits per heavy atom. The average Bonchev–Trinajstić information content (AvgIpc) is 2.83. The van der Waals surface area contributed by atoms with Gasteiger partial charge < -0.3 is 14.6 Å². The van der Waals surface area contributed by atoms with Crippen LogP contribution in [0.3, 0.4) is 0 Å². The molecule has 0 spiro atoms. The predicted molar refractivity (Wildman–Crippen MR) is 109 cm³/mol. The Morgan fingerprint density at radius 3 is 2.64 bits per heavy atom. The van der Waals surface area contributed by atoms with E-state index < -0.39 is 22.7 Å². The van der Waals surface area contributed by atoms with E-state index in [4.69, 9.17) is 21.1 Å². The van der Waals surface area contributed by atoms with Gasteiger partial charge in [0.05, 0.1) is 11.0 Å². The molecule has 156 valence electrons. The number of fused-ring (bicyclic) bond motifs is 1. The number of carbonyl (C=O) groups is 2. The molecule has 1 aliphatic heterocycles. The maximum Gasteiger partial charge on any atom is 0.334 e. The van der Waals surface area contributed by atoms with Gasteiger partial charge in [-0.05, 0) is 77.5 Å². The summed E-state index contributed by atoms with van der Waals surface area (Å²) in [7, 11) is 0. The van der Waals surface area contributed by atoms with Gasteiger partial charge in [0.25, 0.3) is 0 Å². The van der Waals surface area contributed by atoms with E-state index >= 15 is 0 Å². The van der Waals surface area contributed by atoms with Gasteiger partial charge in [0, 0.05) is 12.5 Å². The van der Waals surface area contributed by atoms with E-state index in [1.54, 1.807) is 13.8 Å². The molecule has 1 N–H and O–H groups in total. The van der Waals surface area contributed by atoms with Crippen molar-refractivity contribution in [2.75, 3.05) is 0 Å². The highest BCUT2D eigenvalue weighted by Gasteiger charge is 2.34. The lowest BCUT2D eigenvalue weighted by Crippen LogP contribution is -2.35. The molecule has 0 aromatic heterocycles. The molecule has 0 bridgehead atoms. The number of alkyl halides is 1. The number of hydrogen-bond donors (Lipinski definition) is 1. The minimum Gasteiger partial charge on any atom is -0.455 e. The van der Waals surface area contributed by atoms with Crippen molar-refractivity contribution >= 4 is 23.5 Å². The van der Waals surface area contributed by atoms with E-state index in [1.165, 1.54) is 6.92 Å². The second kappa shape index (κ2) is 8.83. The highest BCUT2D eigenvalue weighted by Crippen LogP contribution is 2.34. The molecule has 2 rings (SSSR count). The van der Waals surface area contributed by atoms with Crippen LogP contribution in [0.15, 0.2) is 34.9 Å². The predicted octanol–water partition coefficient (Wildman–Crippen LogP) is 4.38. The van der Waals surface area contributed by atoms with Crippen LogP contribution >= 0.6 is 11.6 Å². The van der Waals surface area contributed by atoms with Crippen molar-refractivity contribution < 1.29 is 24.2 Å². The maximum atomic E-state index is 12.1. The van der Waals surface area contributed by atoms with Gasteiger partial charge in [-0.3, -0.25) is 4.79 Å². The number of allylic oxidation sites excluding steroid dienone is 1. The molecule has 5 nitrogen and oxygen atoms in total. The highest BCUT2D eigenvalue weighted by molar-refractivity contribution is 6.21. The van der Waals surface area contributed by atoms with Gasteiger partial charge in [-0.25, -0.2) is 4.79 Å². The lowest BCUT2D eigenvalue weighted by atomic mass is 9.88. The standard InChI is InChI=1S/C22H31ClO5/c1-14-7-8-19(23)22(5,26)11-6-10-21(4,28-16(3)24)12-9-17-15(2)20(25)27-18(17)13-14/h6,10,13,18-19,26H,7-9,11-12H2,1-5H3/b10-6+,14-13+/t18-,19+,21-,22-/m1/s1. The van der Waals surface area contributed by atoms with Crippen LogP contribution in [0.1, 0.15) is 66.7 Å². The number of carbonyl (C=O) groups excluding carboxylic acids is 2. The van der Waals surface area contributed by atoms with E-state index in [9.17, 15) is 14.7 Å². The van der Waals surface area contributed by atoms with Gasteiger partial charge >= 0.3 is 11.9 Å². The summed E-state index contributed by atoms with van der Waals surface area (Å²) in [6.07, 6.45) is 7.90. The summed E-state index contributed by atoms with van der Waals surface area (Å²) < 4.78 is 11.1. The van der Waals surface area contributed by atoms with Crippen molar-refractivity contribution in [1.29, 1.82) is 0 Å². The second-order valence-electron chi connectivity index (χ2n) is 8.37. The SMILES string of the molecule is CC(=O)O[C@]1(C)/C=C/C[C@@](C)(O)[C@@H](Cl)CC/C(C)=C/[C@H]2OC(=O)C(C)=C2CC1. The highest BCUT2D eigenvalue weighted by atomic mass is 35.5.